The van der Waals surface area contributed by atoms with E-state index in [9.17, 15) is 9.59 Å². The van der Waals surface area contributed by atoms with Crippen LogP contribution in [0.3, 0.4) is 0 Å². The maximum atomic E-state index is 12.0. The van der Waals surface area contributed by atoms with Gasteiger partial charge in [-0.2, -0.15) is 0 Å². The molecule has 0 radical (unpaired) electrons. The van der Waals surface area contributed by atoms with E-state index in [-0.39, 0.29) is 19.1 Å². The van der Waals surface area contributed by atoms with Crippen LogP contribution < -0.4 is 5.32 Å². The first kappa shape index (κ1) is 15.7. The number of hydrogen-bond acceptors (Lipinski definition) is 4. The van der Waals surface area contributed by atoms with E-state index in [4.69, 9.17) is 14.9 Å². The second kappa shape index (κ2) is 6.21. The Morgan fingerprint density at radius 1 is 1.53 bits per heavy atom. The summed E-state index contributed by atoms with van der Waals surface area (Å²) in [7, 11) is 0. The molecule has 110 valence electrons. The van der Waals surface area contributed by atoms with E-state index in [0.717, 1.165) is 0 Å². The largest absolute Gasteiger partial charge is 0.480 e. The minimum Gasteiger partial charge on any atom is -0.480 e. The lowest BCUT2D eigenvalue weighted by Crippen LogP contribution is -2.58. The van der Waals surface area contributed by atoms with Crippen LogP contribution in [0, 0.1) is 0 Å². The summed E-state index contributed by atoms with van der Waals surface area (Å²) in [5.41, 5.74) is -0.454. The molecule has 7 heteroatoms. The van der Waals surface area contributed by atoms with E-state index in [1.54, 1.807) is 4.90 Å². The Labute approximate surface area is 112 Å². The highest BCUT2D eigenvalue weighted by Gasteiger charge is 2.34. The van der Waals surface area contributed by atoms with Gasteiger partial charge in [0.2, 0.25) is 0 Å². The molecule has 1 heterocycles. The summed E-state index contributed by atoms with van der Waals surface area (Å²) in [6.45, 7) is 6.15. The number of aliphatic hydroxyl groups excluding tert-OH is 1. The minimum absolute atomic E-state index is 0.00956. The molecule has 1 aliphatic heterocycles. The number of morpholine rings is 1. The summed E-state index contributed by atoms with van der Waals surface area (Å²) in [6, 6.07) is -1.51. The lowest BCUT2D eigenvalue weighted by molar-refractivity contribution is -0.139. The predicted octanol–water partition coefficient (Wildman–Crippen LogP) is 0.0309. The van der Waals surface area contributed by atoms with Crippen LogP contribution >= 0.6 is 0 Å². The number of rotatable bonds is 4. The highest BCUT2D eigenvalue weighted by Crippen LogP contribution is 2.20. The first-order valence-corrected chi connectivity index (χ1v) is 6.32. The van der Waals surface area contributed by atoms with Crippen molar-refractivity contribution in [3.63, 3.8) is 0 Å². The van der Waals surface area contributed by atoms with Crippen LogP contribution in [0.25, 0.3) is 0 Å². The molecule has 1 rings (SSSR count). The van der Waals surface area contributed by atoms with Crippen molar-refractivity contribution >= 4 is 12.0 Å². The molecule has 0 aromatic carbocycles. The lowest BCUT2D eigenvalue weighted by atomic mass is 10.1. The van der Waals surface area contributed by atoms with Crippen molar-refractivity contribution in [1.29, 1.82) is 0 Å². The van der Waals surface area contributed by atoms with Gasteiger partial charge in [0.1, 0.15) is 6.04 Å². The quantitative estimate of drug-likeness (QED) is 0.672. The Hall–Kier alpha value is -1.34. The van der Waals surface area contributed by atoms with E-state index in [1.807, 2.05) is 20.8 Å². The van der Waals surface area contributed by atoms with Crippen LogP contribution in [-0.2, 0) is 9.53 Å². The Balaban J connectivity index is 2.63. The fourth-order valence-corrected chi connectivity index (χ4v) is 2.24. The van der Waals surface area contributed by atoms with Gasteiger partial charge in [-0.25, -0.2) is 9.59 Å². The van der Waals surface area contributed by atoms with Crippen LogP contribution in [0.1, 0.15) is 27.2 Å². The molecule has 1 saturated heterocycles. The Kier molecular flexibility index (Phi) is 5.13. The number of amides is 2. The number of urea groups is 1. The first-order valence-electron chi connectivity index (χ1n) is 6.32. The molecule has 3 N–H and O–H groups in total. The summed E-state index contributed by atoms with van der Waals surface area (Å²) in [5, 5.41) is 20.1. The van der Waals surface area contributed by atoms with Gasteiger partial charge < -0.3 is 25.2 Å². The third kappa shape index (κ3) is 4.68. The number of ether oxygens (including phenoxy) is 1. The van der Waals surface area contributed by atoms with Gasteiger partial charge in [-0.15, -0.1) is 0 Å². The second-order valence-electron chi connectivity index (χ2n) is 5.42. The minimum atomic E-state index is -1.15. The van der Waals surface area contributed by atoms with Gasteiger partial charge in [0.15, 0.2) is 0 Å². The van der Waals surface area contributed by atoms with Gasteiger partial charge in [-0.1, -0.05) is 0 Å². The molecular weight excluding hydrogens is 252 g/mol. The molecule has 1 unspecified atom stereocenters. The van der Waals surface area contributed by atoms with Crippen molar-refractivity contribution in [3.8, 4) is 0 Å². The molecule has 7 nitrogen and oxygen atoms in total. The van der Waals surface area contributed by atoms with Crippen molar-refractivity contribution in [3.05, 3.63) is 0 Å². The molecule has 0 bridgehead atoms. The molecule has 19 heavy (non-hydrogen) atoms. The number of nitrogens with zero attached hydrogens (tertiary/aromatic N) is 1. The summed E-state index contributed by atoms with van der Waals surface area (Å²) in [4.78, 5) is 24.5. The van der Waals surface area contributed by atoms with Crippen LogP contribution in [0.5, 0.6) is 0 Å². The summed E-state index contributed by atoms with van der Waals surface area (Å²) in [6.07, 6.45) is -0.111. The van der Waals surface area contributed by atoms with Crippen LogP contribution in [0.4, 0.5) is 4.79 Å². The van der Waals surface area contributed by atoms with Gasteiger partial charge >= 0.3 is 12.0 Å². The molecular formula is C12H22N2O5. The number of hydrogen-bond donors (Lipinski definition) is 3. The SMILES string of the molecule is CC1CN(C(=O)N[C@@H](CCO)C(=O)O)CC(C)(C)O1. The standard InChI is InChI=1S/C12H22N2O5/c1-8-6-14(7-12(2,3)19-8)11(18)13-9(4-5-15)10(16)17/h8-9,15H,4-7H2,1-3H3,(H,13,18)(H,16,17)/t8?,9-/m0/s1. The maximum absolute atomic E-state index is 12.0. The highest BCUT2D eigenvalue weighted by atomic mass is 16.5. The van der Waals surface area contributed by atoms with Crippen LogP contribution in [-0.4, -0.2) is 64.6 Å². The Morgan fingerprint density at radius 3 is 2.63 bits per heavy atom. The molecule has 1 aliphatic rings. The molecule has 0 aliphatic carbocycles. The van der Waals surface area contributed by atoms with E-state index < -0.39 is 23.6 Å². The maximum Gasteiger partial charge on any atom is 0.326 e. The smallest absolute Gasteiger partial charge is 0.326 e. The average molecular weight is 274 g/mol. The van der Waals surface area contributed by atoms with Crippen LogP contribution in [0.15, 0.2) is 0 Å². The second-order valence-corrected chi connectivity index (χ2v) is 5.42. The molecule has 2 atom stereocenters. The Morgan fingerprint density at radius 2 is 2.16 bits per heavy atom. The topological polar surface area (TPSA) is 99.1 Å². The number of carboxylic acid groups (broad SMARTS) is 1. The van der Waals surface area contributed by atoms with E-state index >= 15 is 0 Å². The lowest BCUT2D eigenvalue weighted by Gasteiger charge is -2.41. The molecule has 0 saturated carbocycles. The van der Waals surface area contributed by atoms with Gasteiger partial charge in [-0.05, 0) is 20.8 Å². The predicted molar refractivity (Wildman–Crippen MR) is 67.9 cm³/mol. The number of nitrogens with one attached hydrogen (secondary N) is 1. The number of aliphatic hydroxyl groups is 1. The summed E-state index contributed by atoms with van der Waals surface area (Å²) >= 11 is 0. The number of carbonyl (C=O) groups is 2. The fraction of sp³-hybridized carbons (Fsp3) is 0.833. The molecule has 0 aromatic heterocycles. The molecule has 0 spiro atoms. The third-order valence-corrected chi connectivity index (χ3v) is 2.87. The highest BCUT2D eigenvalue weighted by molar-refractivity contribution is 5.82. The van der Waals surface area contributed by atoms with Gasteiger partial charge in [0.25, 0.3) is 0 Å². The molecule has 2 amide bonds. The van der Waals surface area contributed by atoms with Gasteiger partial charge in [0, 0.05) is 19.6 Å². The zero-order valence-corrected chi connectivity index (χ0v) is 11.5. The van der Waals surface area contributed by atoms with Crippen molar-refractivity contribution in [2.75, 3.05) is 19.7 Å². The van der Waals surface area contributed by atoms with Gasteiger partial charge in [0.05, 0.1) is 18.2 Å². The van der Waals surface area contributed by atoms with E-state index in [2.05, 4.69) is 5.32 Å². The van der Waals surface area contributed by atoms with Crippen molar-refractivity contribution in [2.24, 2.45) is 0 Å². The zero-order valence-electron chi connectivity index (χ0n) is 11.5. The number of aliphatic carboxylic acids is 1. The summed E-state index contributed by atoms with van der Waals surface area (Å²) < 4.78 is 5.68. The third-order valence-electron chi connectivity index (χ3n) is 2.87. The average Bonchev–Trinajstić information content (AvgIpc) is 2.25. The number of carboxylic acids is 1. The van der Waals surface area contributed by atoms with Crippen molar-refractivity contribution in [2.45, 2.75) is 44.9 Å². The molecule has 0 aromatic rings. The van der Waals surface area contributed by atoms with Crippen LogP contribution in [0.2, 0.25) is 0 Å². The first-order chi connectivity index (χ1) is 8.75. The fourth-order valence-electron chi connectivity index (χ4n) is 2.24. The van der Waals surface area contributed by atoms with Gasteiger partial charge in [-0.3, -0.25) is 0 Å². The Bertz CT molecular complexity index is 345. The van der Waals surface area contributed by atoms with E-state index in [0.29, 0.717) is 13.1 Å². The zero-order chi connectivity index (χ0) is 14.6. The normalized spacial score (nSPS) is 23.8. The van der Waals surface area contributed by atoms with Crippen molar-refractivity contribution in [1.82, 2.24) is 10.2 Å². The summed E-state index contributed by atoms with van der Waals surface area (Å²) in [5.74, 6) is -1.15. The van der Waals surface area contributed by atoms with Crippen molar-refractivity contribution < 1.29 is 24.5 Å². The monoisotopic (exact) mass is 274 g/mol. The molecule has 1 fully saturated rings. The van der Waals surface area contributed by atoms with E-state index in [1.165, 1.54) is 0 Å². The number of carbonyl (C=O) groups excluding carboxylic acids is 1.